The number of rotatable bonds is 6. The molecule has 0 unspecified atom stereocenters. The number of halogens is 1. The minimum absolute atomic E-state index is 0.0280. The van der Waals surface area contributed by atoms with Crippen LogP contribution < -0.4 is 10.6 Å². The molecular weight excluding hydrogens is 343 g/mol. The fourth-order valence-corrected chi connectivity index (χ4v) is 1.71. The first-order valence-corrected chi connectivity index (χ1v) is 7.02. The number of hydrogen-bond donors (Lipinski definition) is 2. The van der Waals surface area contributed by atoms with E-state index in [9.17, 15) is 9.59 Å². The zero-order valence-corrected chi connectivity index (χ0v) is 12.5. The molecule has 0 heterocycles. The summed E-state index contributed by atoms with van der Waals surface area (Å²) in [4.78, 5) is 23.0. The second kappa shape index (κ2) is 8.07. The zero-order valence-electron chi connectivity index (χ0n) is 10.3. The van der Waals surface area contributed by atoms with Crippen LogP contribution in [0, 0.1) is 3.57 Å². The van der Waals surface area contributed by atoms with Gasteiger partial charge in [-0.15, -0.1) is 0 Å². The molecule has 0 radical (unpaired) electrons. The van der Waals surface area contributed by atoms with E-state index in [1.54, 1.807) is 12.1 Å². The molecule has 0 fully saturated rings. The van der Waals surface area contributed by atoms with Gasteiger partial charge in [-0.1, -0.05) is 6.92 Å². The van der Waals surface area contributed by atoms with Crippen molar-refractivity contribution in [2.24, 2.45) is 0 Å². The summed E-state index contributed by atoms with van der Waals surface area (Å²) in [7, 11) is 0. The number of amides is 2. The highest BCUT2D eigenvalue weighted by molar-refractivity contribution is 14.1. The van der Waals surface area contributed by atoms with E-state index in [1.807, 2.05) is 19.1 Å². The van der Waals surface area contributed by atoms with Crippen molar-refractivity contribution < 1.29 is 9.59 Å². The summed E-state index contributed by atoms with van der Waals surface area (Å²) in [5.41, 5.74) is 0.615. The van der Waals surface area contributed by atoms with Crippen LogP contribution in [0.15, 0.2) is 24.3 Å². The molecule has 0 aliphatic heterocycles. The molecule has 2 amide bonds. The van der Waals surface area contributed by atoms with E-state index >= 15 is 0 Å². The number of hydrogen-bond acceptors (Lipinski definition) is 2. The van der Waals surface area contributed by atoms with Gasteiger partial charge in [-0.25, -0.2) is 0 Å². The number of carbonyl (C=O) groups is 2. The van der Waals surface area contributed by atoms with Gasteiger partial charge < -0.3 is 10.6 Å². The lowest BCUT2D eigenvalue weighted by atomic mass is 10.2. The molecule has 0 aliphatic carbocycles. The van der Waals surface area contributed by atoms with Crippen LogP contribution in [-0.4, -0.2) is 24.9 Å². The lowest BCUT2D eigenvalue weighted by Crippen LogP contribution is -2.31. The first-order chi connectivity index (χ1) is 8.63. The summed E-state index contributed by atoms with van der Waals surface area (Å²) in [6.45, 7) is 3.04. The van der Waals surface area contributed by atoms with E-state index in [0.29, 0.717) is 25.1 Å². The van der Waals surface area contributed by atoms with Crippen LogP contribution in [0.3, 0.4) is 0 Å². The molecule has 0 saturated heterocycles. The van der Waals surface area contributed by atoms with Gasteiger partial charge in [-0.3, -0.25) is 9.59 Å². The normalized spacial score (nSPS) is 9.89. The van der Waals surface area contributed by atoms with Crippen molar-refractivity contribution in [3.8, 4) is 0 Å². The largest absolute Gasteiger partial charge is 0.356 e. The highest BCUT2D eigenvalue weighted by Crippen LogP contribution is 2.06. The quantitative estimate of drug-likeness (QED) is 0.762. The molecule has 4 nitrogen and oxygen atoms in total. The van der Waals surface area contributed by atoms with Crippen LogP contribution >= 0.6 is 22.6 Å². The van der Waals surface area contributed by atoms with Gasteiger partial charge in [-0.2, -0.15) is 0 Å². The molecule has 18 heavy (non-hydrogen) atoms. The van der Waals surface area contributed by atoms with Crippen molar-refractivity contribution in [1.29, 1.82) is 0 Å². The van der Waals surface area contributed by atoms with Crippen molar-refractivity contribution in [3.63, 3.8) is 0 Å². The summed E-state index contributed by atoms with van der Waals surface area (Å²) in [5, 5.41) is 5.49. The van der Waals surface area contributed by atoms with Gasteiger partial charge in [0.15, 0.2) is 0 Å². The molecule has 0 aromatic heterocycles. The predicted octanol–water partition coefficient (Wildman–Crippen LogP) is 1.94. The first kappa shape index (κ1) is 14.9. The van der Waals surface area contributed by atoms with E-state index in [4.69, 9.17) is 0 Å². The van der Waals surface area contributed by atoms with Crippen LogP contribution in [0.4, 0.5) is 0 Å². The molecule has 0 bridgehead atoms. The number of benzene rings is 1. The molecule has 1 aromatic rings. The topological polar surface area (TPSA) is 58.2 Å². The smallest absolute Gasteiger partial charge is 0.251 e. The molecule has 0 aliphatic rings. The maximum atomic E-state index is 11.7. The molecule has 0 atom stereocenters. The van der Waals surface area contributed by atoms with E-state index in [-0.39, 0.29) is 11.8 Å². The fourth-order valence-electron chi connectivity index (χ4n) is 1.35. The molecule has 2 N–H and O–H groups in total. The fraction of sp³-hybridized carbons (Fsp3) is 0.385. The Morgan fingerprint density at radius 2 is 1.78 bits per heavy atom. The molecule has 0 spiro atoms. The lowest BCUT2D eigenvalue weighted by Gasteiger charge is -2.06. The summed E-state index contributed by atoms with van der Waals surface area (Å²) in [6.07, 6.45) is 1.23. The van der Waals surface area contributed by atoms with Crippen LogP contribution in [0.5, 0.6) is 0 Å². The van der Waals surface area contributed by atoms with Crippen LogP contribution in [0.25, 0.3) is 0 Å². The summed E-state index contributed by atoms with van der Waals surface area (Å²) in [5.74, 6) is -0.172. The van der Waals surface area contributed by atoms with Crippen molar-refractivity contribution in [2.45, 2.75) is 19.8 Å². The van der Waals surface area contributed by atoms with Gasteiger partial charge in [0.25, 0.3) is 5.91 Å². The van der Waals surface area contributed by atoms with E-state index in [0.717, 1.165) is 9.99 Å². The Morgan fingerprint density at radius 3 is 2.39 bits per heavy atom. The average Bonchev–Trinajstić information content (AvgIpc) is 2.37. The molecule has 1 aromatic carbocycles. The third-order valence-corrected chi connectivity index (χ3v) is 3.04. The Kier molecular flexibility index (Phi) is 6.70. The standard InChI is InChI=1S/C13H17IN2O2/c1-2-8-15-12(17)7-9-16-13(18)10-3-5-11(14)6-4-10/h3-6H,2,7-9H2,1H3,(H,15,17)(H,16,18). The Balaban J connectivity index is 2.29. The molecule has 98 valence electrons. The van der Waals surface area contributed by atoms with E-state index in [2.05, 4.69) is 33.2 Å². The second-order valence-corrected chi connectivity index (χ2v) is 5.11. The van der Waals surface area contributed by atoms with Gasteiger partial charge in [0.05, 0.1) is 0 Å². The van der Waals surface area contributed by atoms with Gasteiger partial charge in [0, 0.05) is 28.6 Å². The zero-order chi connectivity index (χ0) is 13.4. The van der Waals surface area contributed by atoms with Crippen molar-refractivity contribution in [3.05, 3.63) is 33.4 Å². The summed E-state index contributed by atoms with van der Waals surface area (Å²) >= 11 is 2.19. The Labute approximate surface area is 121 Å². The molecule has 5 heteroatoms. The summed E-state index contributed by atoms with van der Waals surface area (Å²) < 4.78 is 1.09. The van der Waals surface area contributed by atoms with Crippen LogP contribution in [-0.2, 0) is 4.79 Å². The first-order valence-electron chi connectivity index (χ1n) is 5.94. The average molecular weight is 360 g/mol. The van der Waals surface area contributed by atoms with Crippen molar-refractivity contribution >= 4 is 34.4 Å². The van der Waals surface area contributed by atoms with Crippen LogP contribution in [0.2, 0.25) is 0 Å². The van der Waals surface area contributed by atoms with Gasteiger partial charge >= 0.3 is 0 Å². The lowest BCUT2D eigenvalue weighted by molar-refractivity contribution is -0.120. The third kappa shape index (κ3) is 5.48. The predicted molar refractivity (Wildman–Crippen MR) is 79.4 cm³/mol. The molecule has 1 rings (SSSR count). The van der Waals surface area contributed by atoms with Gasteiger partial charge in [0.1, 0.15) is 0 Å². The summed E-state index contributed by atoms with van der Waals surface area (Å²) in [6, 6.07) is 7.30. The van der Waals surface area contributed by atoms with Gasteiger partial charge in [0.2, 0.25) is 5.91 Å². The molecule has 0 saturated carbocycles. The highest BCUT2D eigenvalue weighted by atomic mass is 127. The Morgan fingerprint density at radius 1 is 1.11 bits per heavy atom. The minimum Gasteiger partial charge on any atom is -0.356 e. The third-order valence-electron chi connectivity index (χ3n) is 2.32. The Hall–Kier alpha value is -1.11. The Bertz CT molecular complexity index is 404. The number of carbonyl (C=O) groups excluding carboxylic acids is 2. The van der Waals surface area contributed by atoms with Crippen LogP contribution in [0.1, 0.15) is 30.1 Å². The van der Waals surface area contributed by atoms with Gasteiger partial charge in [-0.05, 0) is 53.3 Å². The van der Waals surface area contributed by atoms with E-state index in [1.165, 1.54) is 0 Å². The minimum atomic E-state index is -0.144. The monoisotopic (exact) mass is 360 g/mol. The maximum absolute atomic E-state index is 11.7. The highest BCUT2D eigenvalue weighted by Gasteiger charge is 2.05. The molecular formula is C13H17IN2O2. The van der Waals surface area contributed by atoms with Crippen molar-refractivity contribution in [1.82, 2.24) is 10.6 Å². The number of nitrogens with one attached hydrogen (secondary N) is 2. The maximum Gasteiger partial charge on any atom is 0.251 e. The second-order valence-electron chi connectivity index (χ2n) is 3.86. The SMILES string of the molecule is CCCNC(=O)CCNC(=O)c1ccc(I)cc1. The van der Waals surface area contributed by atoms with Crippen molar-refractivity contribution in [2.75, 3.05) is 13.1 Å². The van der Waals surface area contributed by atoms with E-state index < -0.39 is 0 Å².